The Kier molecular flexibility index (Phi) is 4.61. The molecule has 2 N–H and O–H groups in total. The molecule has 0 aromatic carbocycles. The van der Waals surface area contributed by atoms with Crippen molar-refractivity contribution in [3.8, 4) is 0 Å². The zero-order chi connectivity index (χ0) is 13.8. The van der Waals surface area contributed by atoms with Gasteiger partial charge in [0.25, 0.3) is 5.91 Å². The largest absolute Gasteiger partial charge is 0.394 e. The second kappa shape index (κ2) is 6.21. The van der Waals surface area contributed by atoms with E-state index in [9.17, 15) is 9.90 Å². The number of hydrogen-bond acceptors (Lipinski definition) is 4. The summed E-state index contributed by atoms with van der Waals surface area (Å²) in [6.45, 7) is 0.626. The van der Waals surface area contributed by atoms with Gasteiger partial charge in [-0.05, 0) is 31.4 Å². The number of amides is 1. The Morgan fingerprint density at radius 2 is 2.37 bits per heavy atom. The minimum Gasteiger partial charge on any atom is -0.394 e. The van der Waals surface area contributed by atoms with Gasteiger partial charge in [0.2, 0.25) is 0 Å². The summed E-state index contributed by atoms with van der Waals surface area (Å²) in [4.78, 5) is 18.4. The van der Waals surface area contributed by atoms with Crippen LogP contribution in [0.2, 0.25) is 5.02 Å². The summed E-state index contributed by atoms with van der Waals surface area (Å²) in [6.07, 6.45) is 2.81. The van der Waals surface area contributed by atoms with Crippen molar-refractivity contribution < 1.29 is 9.90 Å². The van der Waals surface area contributed by atoms with Crippen molar-refractivity contribution in [2.75, 3.05) is 25.5 Å². The zero-order valence-electron chi connectivity index (χ0n) is 10.9. The van der Waals surface area contributed by atoms with Crippen LogP contribution in [0.4, 0.5) is 5.82 Å². The summed E-state index contributed by atoms with van der Waals surface area (Å²) in [7, 11) is 1.74. The Labute approximate surface area is 117 Å². The summed E-state index contributed by atoms with van der Waals surface area (Å²) >= 11 is 6.06. The molecule has 6 heteroatoms. The van der Waals surface area contributed by atoms with Crippen LogP contribution in [0.15, 0.2) is 12.1 Å². The summed E-state index contributed by atoms with van der Waals surface area (Å²) in [5.74, 6) is 0.395. The van der Waals surface area contributed by atoms with Crippen LogP contribution in [0.3, 0.4) is 0 Å². The summed E-state index contributed by atoms with van der Waals surface area (Å²) < 4.78 is 0. The number of aliphatic hydroxyl groups excluding tert-OH is 1. The molecule has 2 rings (SSSR count). The first-order valence-corrected chi connectivity index (χ1v) is 6.81. The van der Waals surface area contributed by atoms with Gasteiger partial charge in [-0.25, -0.2) is 4.98 Å². The van der Waals surface area contributed by atoms with E-state index in [4.69, 9.17) is 11.6 Å². The number of carbonyl (C=O) groups excluding carboxylic acids is 1. The number of nitrogens with zero attached hydrogens (tertiary/aromatic N) is 2. The van der Waals surface area contributed by atoms with E-state index in [2.05, 4.69) is 10.3 Å². The lowest BCUT2D eigenvalue weighted by atomic mass is 10.0. The van der Waals surface area contributed by atoms with E-state index in [0.29, 0.717) is 17.4 Å². The van der Waals surface area contributed by atoms with Crippen molar-refractivity contribution in [2.45, 2.75) is 25.3 Å². The molecule has 5 nitrogen and oxygen atoms in total. The van der Waals surface area contributed by atoms with Gasteiger partial charge >= 0.3 is 0 Å². The normalized spacial score (nSPS) is 19.3. The van der Waals surface area contributed by atoms with Gasteiger partial charge in [0.15, 0.2) is 0 Å². The predicted molar refractivity (Wildman–Crippen MR) is 74.6 cm³/mol. The molecule has 1 unspecified atom stereocenters. The summed E-state index contributed by atoms with van der Waals surface area (Å²) in [6, 6.07) is 3.25. The van der Waals surface area contributed by atoms with E-state index in [1.54, 1.807) is 24.1 Å². The summed E-state index contributed by atoms with van der Waals surface area (Å²) in [5, 5.41) is 12.6. The molecule has 1 aliphatic rings. The number of hydrogen-bond donors (Lipinski definition) is 2. The van der Waals surface area contributed by atoms with Crippen LogP contribution in [-0.4, -0.2) is 47.1 Å². The van der Waals surface area contributed by atoms with Crippen molar-refractivity contribution in [1.29, 1.82) is 0 Å². The number of rotatable bonds is 3. The minimum absolute atomic E-state index is 0.0188. The van der Waals surface area contributed by atoms with E-state index < -0.39 is 0 Å². The highest BCUT2D eigenvalue weighted by molar-refractivity contribution is 6.33. The number of piperidine rings is 1. The average Bonchev–Trinajstić information content (AvgIpc) is 2.47. The highest BCUT2D eigenvalue weighted by Gasteiger charge is 2.29. The number of carbonyl (C=O) groups is 1. The monoisotopic (exact) mass is 283 g/mol. The molecule has 0 bridgehead atoms. The first-order chi connectivity index (χ1) is 9.17. The molecule has 2 heterocycles. The number of pyridine rings is 1. The van der Waals surface area contributed by atoms with Crippen LogP contribution in [0, 0.1) is 0 Å². The van der Waals surface area contributed by atoms with Gasteiger partial charge in [0, 0.05) is 13.6 Å². The lowest BCUT2D eigenvalue weighted by Crippen LogP contribution is -2.46. The second-order valence-electron chi connectivity index (χ2n) is 4.61. The van der Waals surface area contributed by atoms with E-state index >= 15 is 0 Å². The predicted octanol–water partition coefficient (Wildman–Crippen LogP) is 1.76. The molecule has 1 saturated heterocycles. The van der Waals surface area contributed by atoms with Gasteiger partial charge in [-0.2, -0.15) is 0 Å². The van der Waals surface area contributed by atoms with Crippen LogP contribution in [0.5, 0.6) is 0 Å². The van der Waals surface area contributed by atoms with Crippen LogP contribution in [-0.2, 0) is 0 Å². The van der Waals surface area contributed by atoms with Crippen LogP contribution in [0.1, 0.15) is 29.8 Å². The number of anilines is 1. The highest BCUT2D eigenvalue weighted by atomic mass is 35.5. The van der Waals surface area contributed by atoms with Crippen LogP contribution >= 0.6 is 11.6 Å². The van der Waals surface area contributed by atoms with Gasteiger partial charge < -0.3 is 15.3 Å². The number of likely N-dealkylation sites (tertiary alicyclic amines) is 1. The second-order valence-corrected chi connectivity index (χ2v) is 5.01. The Morgan fingerprint density at radius 1 is 1.58 bits per heavy atom. The Bertz CT molecular complexity index is 467. The highest BCUT2D eigenvalue weighted by Crippen LogP contribution is 2.23. The molecule has 1 fully saturated rings. The molecule has 104 valence electrons. The topological polar surface area (TPSA) is 65.5 Å². The fourth-order valence-corrected chi connectivity index (χ4v) is 2.51. The van der Waals surface area contributed by atoms with Crippen molar-refractivity contribution in [2.24, 2.45) is 0 Å². The van der Waals surface area contributed by atoms with Crippen LogP contribution < -0.4 is 5.32 Å². The number of nitrogens with one attached hydrogen (secondary N) is 1. The molecule has 1 aromatic rings. The first kappa shape index (κ1) is 14.1. The molecular formula is C13H18ClN3O2. The zero-order valence-corrected chi connectivity index (χ0v) is 11.7. The molecule has 0 aliphatic carbocycles. The number of aromatic nitrogens is 1. The van der Waals surface area contributed by atoms with Gasteiger partial charge in [0.1, 0.15) is 11.5 Å². The lowest BCUT2D eigenvalue weighted by molar-refractivity contribution is 0.0497. The van der Waals surface area contributed by atoms with Gasteiger partial charge in [-0.15, -0.1) is 0 Å². The smallest absolute Gasteiger partial charge is 0.274 e. The number of aliphatic hydroxyl groups is 1. The van der Waals surface area contributed by atoms with Gasteiger partial charge in [-0.1, -0.05) is 11.6 Å². The molecule has 1 atom stereocenters. The van der Waals surface area contributed by atoms with Crippen molar-refractivity contribution in [3.05, 3.63) is 22.8 Å². The quantitative estimate of drug-likeness (QED) is 0.887. The maximum atomic E-state index is 12.5. The average molecular weight is 284 g/mol. The fourth-order valence-electron chi connectivity index (χ4n) is 2.33. The SMILES string of the molecule is CNc1ccc(Cl)c(C(=O)N2CCCCC2CO)n1. The van der Waals surface area contributed by atoms with Crippen molar-refractivity contribution in [1.82, 2.24) is 9.88 Å². The third-order valence-corrected chi connectivity index (χ3v) is 3.71. The maximum absolute atomic E-state index is 12.5. The minimum atomic E-state index is -0.208. The fraction of sp³-hybridized carbons (Fsp3) is 0.538. The van der Waals surface area contributed by atoms with Crippen molar-refractivity contribution >= 4 is 23.3 Å². The van der Waals surface area contributed by atoms with Gasteiger partial charge in [0.05, 0.1) is 17.7 Å². The molecule has 0 spiro atoms. The van der Waals surface area contributed by atoms with E-state index in [0.717, 1.165) is 19.3 Å². The molecule has 1 amide bonds. The third kappa shape index (κ3) is 2.98. The standard InChI is InChI=1S/C13H18ClN3O2/c1-15-11-6-5-10(14)12(16-11)13(19)17-7-3-2-4-9(17)8-18/h5-6,9,18H,2-4,7-8H2,1H3,(H,15,16). The molecule has 19 heavy (non-hydrogen) atoms. The van der Waals surface area contributed by atoms with Crippen molar-refractivity contribution in [3.63, 3.8) is 0 Å². The number of halogens is 1. The Hall–Kier alpha value is -1.33. The molecule has 1 aromatic heterocycles. The molecule has 0 saturated carbocycles. The van der Waals surface area contributed by atoms with Crippen LogP contribution in [0.25, 0.3) is 0 Å². The summed E-state index contributed by atoms with van der Waals surface area (Å²) in [5.41, 5.74) is 0.244. The Balaban J connectivity index is 2.27. The van der Waals surface area contributed by atoms with E-state index in [-0.39, 0.29) is 24.2 Å². The van der Waals surface area contributed by atoms with E-state index in [1.165, 1.54) is 0 Å². The molecule has 0 radical (unpaired) electrons. The lowest BCUT2D eigenvalue weighted by Gasteiger charge is -2.34. The third-order valence-electron chi connectivity index (χ3n) is 3.40. The molecular weight excluding hydrogens is 266 g/mol. The maximum Gasteiger partial charge on any atom is 0.274 e. The first-order valence-electron chi connectivity index (χ1n) is 6.43. The van der Waals surface area contributed by atoms with Gasteiger partial charge in [-0.3, -0.25) is 4.79 Å². The van der Waals surface area contributed by atoms with E-state index in [1.807, 2.05) is 0 Å². The molecule has 1 aliphatic heterocycles. The Morgan fingerprint density at radius 3 is 3.05 bits per heavy atom.